The molecule has 1 aromatic carbocycles. The smallest absolute Gasteiger partial charge is 0.372 e. The van der Waals surface area contributed by atoms with Crippen LogP contribution in [-0.2, 0) is 19.7 Å². The van der Waals surface area contributed by atoms with Crippen LogP contribution in [-0.4, -0.2) is 37.3 Å². The summed E-state index contributed by atoms with van der Waals surface area (Å²) in [5, 5.41) is 1.07. The van der Waals surface area contributed by atoms with Gasteiger partial charge in [-0.2, -0.15) is 25.3 Å². The van der Waals surface area contributed by atoms with E-state index >= 15 is 0 Å². The van der Waals surface area contributed by atoms with Crippen LogP contribution in [0.5, 0.6) is 0 Å². The number of thiol groups is 2. The van der Waals surface area contributed by atoms with E-state index in [2.05, 4.69) is 11.1 Å². The van der Waals surface area contributed by atoms with E-state index in [1.54, 1.807) is 11.3 Å². The van der Waals surface area contributed by atoms with Gasteiger partial charge in [0.1, 0.15) is 3.70 Å². The maximum absolute atomic E-state index is 5.95. The molecule has 8 heteroatoms. The minimum Gasteiger partial charge on any atom is -0.372 e. The molecule has 1 aromatic heterocycles. The number of fused-ring (bicyclic) bond motifs is 1. The molecule has 0 aliphatic heterocycles. The van der Waals surface area contributed by atoms with E-state index in [0.717, 1.165) is 16.9 Å². The summed E-state index contributed by atoms with van der Waals surface area (Å²) in [4.78, 5) is 4.68. The zero-order valence-corrected chi connectivity index (χ0v) is 17.9. The van der Waals surface area contributed by atoms with Crippen molar-refractivity contribution in [1.82, 2.24) is 4.98 Å². The third-order valence-corrected chi connectivity index (χ3v) is 9.94. The summed E-state index contributed by atoms with van der Waals surface area (Å²) in [5.74, 6) is 0. The Hall–Kier alpha value is -0.0931. The van der Waals surface area contributed by atoms with E-state index in [4.69, 9.17) is 38.5 Å². The first-order valence-electron chi connectivity index (χ1n) is 8.19. The van der Waals surface area contributed by atoms with Crippen molar-refractivity contribution >= 4 is 55.6 Å². The molecule has 0 spiro atoms. The standard InChI is InChI=1S/C16H25NO3S3Si/c1-4-18-24(19-5-2,20-6-3)16(21,22)12-11-15-17-13-9-7-8-10-14(13)23-15/h7-10,21-22H,4-6,11-12H2,1-3H3. The summed E-state index contributed by atoms with van der Waals surface area (Å²) in [6.45, 7) is 7.34. The number of hydrogen-bond donors (Lipinski definition) is 2. The third-order valence-electron chi connectivity index (χ3n) is 3.52. The minimum absolute atomic E-state index is 0.510. The second-order valence-corrected chi connectivity index (χ2v) is 11.9. The predicted molar refractivity (Wildman–Crippen MR) is 109 cm³/mol. The molecule has 134 valence electrons. The summed E-state index contributed by atoms with van der Waals surface area (Å²) < 4.78 is 18.3. The summed E-state index contributed by atoms with van der Waals surface area (Å²) in [6, 6.07) is 8.15. The number of aromatic nitrogens is 1. The summed E-state index contributed by atoms with van der Waals surface area (Å²) in [6.07, 6.45) is 1.42. The molecule has 0 fully saturated rings. The molecule has 0 bridgehead atoms. The Morgan fingerprint density at radius 3 is 2.17 bits per heavy atom. The summed E-state index contributed by atoms with van der Waals surface area (Å²) in [7, 11) is -3.01. The van der Waals surface area contributed by atoms with Crippen molar-refractivity contribution in [3.63, 3.8) is 0 Å². The number of rotatable bonds is 10. The van der Waals surface area contributed by atoms with Gasteiger partial charge in [0.2, 0.25) is 0 Å². The molecule has 4 nitrogen and oxygen atoms in total. The Balaban J connectivity index is 2.16. The van der Waals surface area contributed by atoms with Crippen molar-refractivity contribution in [2.24, 2.45) is 0 Å². The number of para-hydroxylation sites is 1. The molecule has 0 N–H and O–H groups in total. The van der Waals surface area contributed by atoms with Crippen LogP contribution < -0.4 is 0 Å². The molecule has 0 radical (unpaired) electrons. The van der Waals surface area contributed by atoms with Crippen LogP contribution in [0.4, 0.5) is 0 Å². The van der Waals surface area contributed by atoms with Gasteiger partial charge in [-0.15, -0.1) is 11.3 Å². The van der Waals surface area contributed by atoms with Crippen LogP contribution in [0, 0.1) is 0 Å². The van der Waals surface area contributed by atoms with Gasteiger partial charge in [-0.25, -0.2) is 4.98 Å². The van der Waals surface area contributed by atoms with E-state index in [1.807, 2.05) is 39.0 Å². The average Bonchev–Trinajstić information content (AvgIpc) is 2.96. The second kappa shape index (κ2) is 9.02. The van der Waals surface area contributed by atoms with Gasteiger partial charge in [0.15, 0.2) is 0 Å². The molecule has 0 atom stereocenters. The van der Waals surface area contributed by atoms with Crippen molar-refractivity contribution in [3.8, 4) is 0 Å². The Labute approximate surface area is 160 Å². The van der Waals surface area contributed by atoms with E-state index < -0.39 is 12.5 Å². The lowest BCUT2D eigenvalue weighted by molar-refractivity contribution is 0.0662. The number of benzene rings is 1. The Morgan fingerprint density at radius 1 is 1.04 bits per heavy atom. The van der Waals surface area contributed by atoms with Crippen molar-refractivity contribution in [2.75, 3.05) is 19.8 Å². The normalized spacial score (nSPS) is 12.9. The highest BCUT2D eigenvalue weighted by molar-refractivity contribution is 8.03. The van der Waals surface area contributed by atoms with E-state index in [-0.39, 0.29) is 0 Å². The summed E-state index contributed by atoms with van der Waals surface area (Å²) in [5.41, 5.74) is 1.03. The van der Waals surface area contributed by atoms with E-state index in [9.17, 15) is 0 Å². The average molecular weight is 404 g/mol. The van der Waals surface area contributed by atoms with Crippen LogP contribution >= 0.6 is 36.6 Å². The van der Waals surface area contributed by atoms with Gasteiger partial charge in [-0.05, 0) is 39.3 Å². The lowest BCUT2D eigenvalue weighted by atomic mass is 10.3. The first kappa shape index (κ1) is 20.2. The number of nitrogens with zero attached hydrogens (tertiary/aromatic N) is 1. The number of aryl methyl sites for hydroxylation is 1. The van der Waals surface area contributed by atoms with Gasteiger partial charge in [-0.3, -0.25) is 0 Å². The molecular weight excluding hydrogens is 378 g/mol. The van der Waals surface area contributed by atoms with Gasteiger partial charge < -0.3 is 13.3 Å². The van der Waals surface area contributed by atoms with E-state index in [0.29, 0.717) is 26.2 Å². The maximum Gasteiger partial charge on any atom is 0.528 e. The molecule has 0 amide bonds. The van der Waals surface area contributed by atoms with Crippen LogP contribution in [0.3, 0.4) is 0 Å². The first-order chi connectivity index (χ1) is 11.5. The minimum atomic E-state index is -3.01. The number of thiazole rings is 1. The molecule has 0 aliphatic carbocycles. The Kier molecular flexibility index (Phi) is 7.60. The van der Waals surface area contributed by atoms with Crippen LogP contribution in [0.2, 0.25) is 0 Å². The lowest BCUT2D eigenvalue weighted by Crippen LogP contribution is -2.60. The highest BCUT2D eigenvalue weighted by Crippen LogP contribution is 2.39. The molecule has 0 saturated heterocycles. The molecule has 0 saturated carbocycles. The van der Waals surface area contributed by atoms with Gasteiger partial charge in [0.25, 0.3) is 0 Å². The molecule has 2 aromatic rings. The van der Waals surface area contributed by atoms with Crippen molar-refractivity contribution < 1.29 is 13.3 Å². The molecular formula is C16H25NO3S3Si. The third kappa shape index (κ3) is 4.54. The summed E-state index contributed by atoms with van der Waals surface area (Å²) >= 11 is 11.3. The zero-order valence-electron chi connectivity index (χ0n) is 14.3. The van der Waals surface area contributed by atoms with Crippen molar-refractivity contribution in [1.29, 1.82) is 0 Å². The second-order valence-electron chi connectivity index (χ2n) is 5.25. The molecule has 0 aliphatic rings. The van der Waals surface area contributed by atoms with E-state index in [1.165, 1.54) is 4.70 Å². The highest BCUT2D eigenvalue weighted by atomic mass is 32.2. The van der Waals surface area contributed by atoms with Gasteiger partial charge in [0.05, 0.1) is 15.2 Å². The number of hydrogen-bond acceptors (Lipinski definition) is 7. The maximum atomic E-state index is 5.95. The molecule has 1 heterocycles. The molecule has 2 rings (SSSR count). The fourth-order valence-electron chi connectivity index (χ4n) is 2.50. The fraction of sp³-hybridized carbons (Fsp3) is 0.562. The monoisotopic (exact) mass is 403 g/mol. The molecule has 0 unspecified atom stereocenters. The van der Waals surface area contributed by atoms with Crippen molar-refractivity contribution in [3.05, 3.63) is 29.3 Å². The molecule has 24 heavy (non-hydrogen) atoms. The largest absolute Gasteiger partial charge is 0.528 e. The van der Waals surface area contributed by atoms with Crippen LogP contribution in [0.1, 0.15) is 32.2 Å². The predicted octanol–water partition coefficient (Wildman–Crippen LogP) is 4.37. The topological polar surface area (TPSA) is 40.6 Å². The SMILES string of the molecule is CCO[Si](OCC)(OCC)C(S)(S)CCc1nc2ccccc2s1. The highest BCUT2D eigenvalue weighted by Gasteiger charge is 2.57. The van der Waals surface area contributed by atoms with Crippen LogP contribution in [0.15, 0.2) is 24.3 Å². The fourth-order valence-corrected chi connectivity index (χ4v) is 7.37. The van der Waals surface area contributed by atoms with Gasteiger partial charge >= 0.3 is 8.80 Å². The van der Waals surface area contributed by atoms with Gasteiger partial charge in [-0.1, -0.05) is 12.1 Å². The lowest BCUT2D eigenvalue weighted by Gasteiger charge is -2.39. The Morgan fingerprint density at radius 2 is 1.62 bits per heavy atom. The quantitative estimate of drug-likeness (QED) is 0.351. The van der Waals surface area contributed by atoms with Crippen LogP contribution in [0.25, 0.3) is 10.2 Å². The van der Waals surface area contributed by atoms with Gasteiger partial charge in [0, 0.05) is 26.2 Å². The first-order valence-corrected chi connectivity index (χ1v) is 11.6. The Bertz CT molecular complexity index is 600. The zero-order chi connectivity index (χ0) is 17.6. The van der Waals surface area contributed by atoms with Crippen molar-refractivity contribution in [2.45, 2.75) is 37.3 Å².